The molecule has 0 aliphatic carbocycles. The Hall–Kier alpha value is -1.50. The van der Waals surface area contributed by atoms with Gasteiger partial charge in [-0.15, -0.1) is 0 Å². The molecule has 0 amide bonds. The third-order valence-corrected chi connectivity index (χ3v) is 2.52. The maximum absolute atomic E-state index is 13.2. The molecule has 1 aromatic carbocycles. The lowest BCUT2D eigenvalue weighted by Crippen LogP contribution is -2.05. The highest BCUT2D eigenvalue weighted by atomic mass is 79.9. The molecular weight excluding hydrogens is 297 g/mol. The van der Waals surface area contributed by atoms with E-state index in [1.54, 1.807) is 0 Å². The zero-order chi connectivity index (χ0) is 13.0. The van der Waals surface area contributed by atoms with Crippen molar-refractivity contribution in [2.75, 3.05) is 6.61 Å². The van der Waals surface area contributed by atoms with Crippen molar-refractivity contribution >= 4 is 27.4 Å². The van der Waals surface area contributed by atoms with E-state index < -0.39 is 10.7 Å². The maximum Gasteiger partial charge on any atom is 0.312 e. The van der Waals surface area contributed by atoms with Crippen LogP contribution in [0.2, 0.25) is 0 Å². The molecule has 1 aromatic rings. The lowest BCUT2D eigenvalue weighted by atomic mass is 10.3. The van der Waals surface area contributed by atoms with Crippen LogP contribution in [0.5, 0.6) is 5.75 Å². The number of ketones is 1. The number of benzene rings is 1. The number of halogens is 2. The zero-order valence-corrected chi connectivity index (χ0v) is 10.5. The van der Waals surface area contributed by atoms with E-state index in [4.69, 9.17) is 4.74 Å². The lowest BCUT2D eigenvalue weighted by Gasteiger charge is -2.06. The Labute approximate surface area is 105 Å². The maximum atomic E-state index is 13.2. The summed E-state index contributed by atoms with van der Waals surface area (Å²) in [7, 11) is 0. The van der Waals surface area contributed by atoms with Crippen molar-refractivity contribution < 1.29 is 18.8 Å². The van der Waals surface area contributed by atoms with Gasteiger partial charge in [-0.05, 0) is 22.9 Å². The second-order valence-electron chi connectivity index (χ2n) is 3.29. The van der Waals surface area contributed by atoms with Crippen LogP contribution in [0.4, 0.5) is 10.1 Å². The summed E-state index contributed by atoms with van der Waals surface area (Å²) in [5.41, 5.74) is -0.346. The summed E-state index contributed by atoms with van der Waals surface area (Å²) in [6, 6.07) is 1.95. The molecule has 1 rings (SSSR count). The number of ether oxygens (including phenoxy) is 1. The Morgan fingerprint density at radius 3 is 2.76 bits per heavy atom. The van der Waals surface area contributed by atoms with Crippen LogP contribution in [-0.2, 0) is 4.79 Å². The van der Waals surface area contributed by atoms with Crippen molar-refractivity contribution in [3.63, 3.8) is 0 Å². The number of carbonyl (C=O) groups excluding carboxylic acids is 1. The van der Waals surface area contributed by atoms with Crippen molar-refractivity contribution in [1.82, 2.24) is 0 Å². The Balaban J connectivity index is 2.92. The minimum Gasteiger partial charge on any atom is -0.486 e. The van der Waals surface area contributed by atoms with Gasteiger partial charge in [0.2, 0.25) is 0 Å². The average molecular weight is 306 g/mol. The summed E-state index contributed by atoms with van der Waals surface area (Å²) in [5.74, 6) is -0.949. The van der Waals surface area contributed by atoms with E-state index >= 15 is 0 Å². The summed E-state index contributed by atoms with van der Waals surface area (Å²) in [5, 5.41) is 10.7. The third kappa shape index (κ3) is 3.77. The molecule has 0 bridgehead atoms. The SMILES string of the molecule is CC(=O)CCOc1cc(F)c(Br)cc1[N+](=O)[O-]. The number of nitro benzene ring substituents is 1. The predicted molar refractivity (Wildman–Crippen MR) is 61.5 cm³/mol. The summed E-state index contributed by atoms with van der Waals surface area (Å²) < 4.78 is 18.2. The molecule has 0 spiro atoms. The fraction of sp³-hybridized carbons (Fsp3) is 0.300. The summed E-state index contributed by atoms with van der Waals surface area (Å²) in [4.78, 5) is 20.7. The van der Waals surface area contributed by atoms with Gasteiger partial charge in [0.15, 0.2) is 5.75 Å². The molecule has 0 N–H and O–H groups in total. The highest BCUT2D eigenvalue weighted by molar-refractivity contribution is 9.10. The van der Waals surface area contributed by atoms with E-state index in [0.29, 0.717) is 0 Å². The first-order chi connectivity index (χ1) is 7.91. The number of Topliss-reactive ketones (excluding diaryl/α,β-unsaturated/α-hetero) is 1. The van der Waals surface area contributed by atoms with E-state index in [-0.39, 0.29) is 34.7 Å². The Morgan fingerprint density at radius 2 is 2.24 bits per heavy atom. The molecule has 0 atom stereocenters. The van der Waals surface area contributed by atoms with E-state index in [9.17, 15) is 19.3 Å². The normalized spacial score (nSPS) is 10.1. The molecule has 92 valence electrons. The Kier molecular flexibility index (Phi) is 4.56. The second-order valence-corrected chi connectivity index (χ2v) is 4.15. The number of hydrogen-bond acceptors (Lipinski definition) is 4. The Bertz CT molecular complexity index is 464. The van der Waals surface area contributed by atoms with Gasteiger partial charge in [-0.25, -0.2) is 4.39 Å². The number of rotatable bonds is 5. The van der Waals surface area contributed by atoms with Crippen LogP contribution in [0.15, 0.2) is 16.6 Å². The molecule has 0 heterocycles. The van der Waals surface area contributed by atoms with E-state index in [1.807, 2.05) is 0 Å². The van der Waals surface area contributed by atoms with E-state index in [0.717, 1.165) is 12.1 Å². The van der Waals surface area contributed by atoms with Crippen LogP contribution in [0.3, 0.4) is 0 Å². The van der Waals surface area contributed by atoms with Crippen molar-refractivity contribution in [3.05, 3.63) is 32.5 Å². The van der Waals surface area contributed by atoms with Gasteiger partial charge in [0.1, 0.15) is 11.6 Å². The zero-order valence-electron chi connectivity index (χ0n) is 8.91. The molecule has 17 heavy (non-hydrogen) atoms. The van der Waals surface area contributed by atoms with Crippen LogP contribution in [-0.4, -0.2) is 17.3 Å². The molecule has 0 aromatic heterocycles. The highest BCUT2D eigenvalue weighted by Crippen LogP contribution is 2.32. The highest BCUT2D eigenvalue weighted by Gasteiger charge is 2.18. The van der Waals surface area contributed by atoms with Gasteiger partial charge < -0.3 is 4.74 Å². The standard InChI is InChI=1S/C10H9BrFNO4/c1-6(14)2-3-17-10-5-8(12)7(11)4-9(10)13(15)16/h4-5H,2-3H2,1H3. The molecular formula is C10H9BrFNO4. The second kappa shape index (κ2) is 5.72. The van der Waals surface area contributed by atoms with Gasteiger partial charge >= 0.3 is 5.69 Å². The van der Waals surface area contributed by atoms with Crippen molar-refractivity contribution in [2.24, 2.45) is 0 Å². The molecule has 0 unspecified atom stereocenters. The quantitative estimate of drug-likeness (QED) is 0.619. The molecule has 0 aliphatic heterocycles. The molecule has 7 heteroatoms. The minimum absolute atomic E-state index is 0.0110. The molecule has 0 fully saturated rings. The lowest BCUT2D eigenvalue weighted by molar-refractivity contribution is -0.386. The molecule has 0 saturated heterocycles. The van der Waals surface area contributed by atoms with E-state index in [2.05, 4.69) is 15.9 Å². The number of nitrogens with zero attached hydrogens (tertiary/aromatic N) is 1. The smallest absolute Gasteiger partial charge is 0.312 e. The third-order valence-electron chi connectivity index (χ3n) is 1.91. The number of nitro groups is 1. The monoisotopic (exact) mass is 305 g/mol. The van der Waals surface area contributed by atoms with Crippen LogP contribution in [0.1, 0.15) is 13.3 Å². The molecule has 0 aliphatic rings. The molecule has 0 saturated carbocycles. The van der Waals surface area contributed by atoms with Gasteiger partial charge in [-0.2, -0.15) is 0 Å². The first kappa shape index (κ1) is 13.6. The summed E-state index contributed by atoms with van der Waals surface area (Å²) in [6.07, 6.45) is 0.120. The first-order valence-electron chi connectivity index (χ1n) is 4.67. The summed E-state index contributed by atoms with van der Waals surface area (Å²) in [6.45, 7) is 1.36. The summed E-state index contributed by atoms with van der Waals surface area (Å²) >= 11 is 2.85. The fourth-order valence-corrected chi connectivity index (χ4v) is 1.41. The van der Waals surface area contributed by atoms with Crippen LogP contribution in [0, 0.1) is 15.9 Å². The van der Waals surface area contributed by atoms with Crippen molar-refractivity contribution in [1.29, 1.82) is 0 Å². The van der Waals surface area contributed by atoms with Gasteiger partial charge in [-0.1, -0.05) is 0 Å². The van der Waals surface area contributed by atoms with Gasteiger partial charge in [0.05, 0.1) is 16.0 Å². The van der Waals surface area contributed by atoms with Gasteiger partial charge in [0, 0.05) is 18.6 Å². The van der Waals surface area contributed by atoms with Crippen molar-refractivity contribution in [3.8, 4) is 5.75 Å². The molecule has 0 radical (unpaired) electrons. The van der Waals surface area contributed by atoms with Crippen LogP contribution < -0.4 is 4.74 Å². The van der Waals surface area contributed by atoms with Crippen molar-refractivity contribution in [2.45, 2.75) is 13.3 Å². The van der Waals surface area contributed by atoms with Crippen LogP contribution >= 0.6 is 15.9 Å². The minimum atomic E-state index is -0.673. The van der Waals surface area contributed by atoms with E-state index in [1.165, 1.54) is 6.92 Å². The predicted octanol–water partition coefficient (Wildman–Crippen LogP) is 2.85. The number of hydrogen-bond donors (Lipinski definition) is 0. The van der Waals surface area contributed by atoms with Gasteiger partial charge in [0.25, 0.3) is 0 Å². The fourth-order valence-electron chi connectivity index (χ4n) is 1.08. The first-order valence-corrected chi connectivity index (χ1v) is 5.46. The topological polar surface area (TPSA) is 69.4 Å². The Morgan fingerprint density at radius 1 is 1.59 bits per heavy atom. The number of carbonyl (C=O) groups is 1. The van der Waals surface area contributed by atoms with Gasteiger partial charge in [-0.3, -0.25) is 14.9 Å². The molecule has 5 nitrogen and oxygen atoms in total. The largest absolute Gasteiger partial charge is 0.486 e. The average Bonchev–Trinajstić information content (AvgIpc) is 2.22. The van der Waals surface area contributed by atoms with Crippen LogP contribution in [0.25, 0.3) is 0 Å².